The van der Waals surface area contributed by atoms with Gasteiger partial charge in [-0.05, 0) is 43.3 Å². The van der Waals surface area contributed by atoms with E-state index in [2.05, 4.69) is 5.32 Å². The zero-order chi connectivity index (χ0) is 19.2. The first kappa shape index (κ1) is 18.4. The molecule has 1 N–H and O–H groups in total. The lowest BCUT2D eigenvalue weighted by Crippen LogP contribution is -2.11. The average molecular weight is 367 g/mol. The largest absolute Gasteiger partial charge is 0.493 e. The van der Waals surface area contributed by atoms with E-state index < -0.39 is 0 Å². The summed E-state index contributed by atoms with van der Waals surface area (Å²) in [7, 11) is 3.09. The molecule has 0 fully saturated rings. The average Bonchev–Trinajstić information content (AvgIpc) is 3.16. The molecule has 1 heterocycles. The number of anilines is 1. The van der Waals surface area contributed by atoms with Gasteiger partial charge in [0.15, 0.2) is 17.3 Å². The van der Waals surface area contributed by atoms with Crippen molar-refractivity contribution < 1.29 is 23.4 Å². The molecule has 2 aromatic carbocycles. The van der Waals surface area contributed by atoms with Crippen LogP contribution in [0.1, 0.15) is 21.9 Å². The lowest BCUT2D eigenvalue weighted by molar-refractivity contribution is 0.0992. The molecule has 140 valence electrons. The number of amides is 1. The smallest absolute Gasteiger partial charge is 0.291 e. The second kappa shape index (κ2) is 8.31. The number of carbonyl (C=O) groups is 1. The van der Waals surface area contributed by atoms with Crippen molar-refractivity contribution in [1.29, 1.82) is 0 Å². The van der Waals surface area contributed by atoms with E-state index in [-0.39, 0.29) is 18.3 Å². The van der Waals surface area contributed by atoms with E-state index in [0.29, 0.717) is 22.9 Å². The van der Waals surface area contributed by atoms with Crippen molar-refractivity contribution in [2.45, 2.75) is 13.5 Å². The molecular formula is C21H21NO5. The molecule has 0 spiro atoms. The van der Waals surface area contributed by atoms with Crippen LogP contribution in [0.15, 0.2) is 59.0 Å². The van der Waals surface area contributed by atoms with Crippen molar-refractivity contribution in [3.8, 4) is 17.2 Å². The number of hydrogen-bond acceptors (Lipinski definition) is 5. The quantitative estimate of drug-likeness (QED) is 0.669. The van der Waals surface area contributed by atoms with Crippen LogP contribution in [0.4, 0.5) is 5.69 Å². The fourth-order valence-electron chi connectivity index (χ4n) is 2.47. The summed E-state index contributed by atoms with van der Waals surface area (Å²) in [6.07, 6.45) is 0. The number of rotatable bonds is 7. The maximum atomic E-state index is 12.4. The highest BCUT2D eigenvalue weighted by Crippen LogP contribution is 2.30. The molecule has 27 heavy (non-hydrogen) atoms. The van der Waals surface area contributed by atoms with E-state index in [1.54, 1.807) is 37.4 Å². The molecule has 3 aromatic rings. The SMILES string of the molecule is COc1ccc(NC(=O)c2ccc(COc3ccc(C)cc3)o2)cc1OC. The maximum Gasteiger partial charge on any atom is 0.291 e. The Hall–Kier alpha value is -3.41. The number of benzene rings is 2. The summed E-state index contributed by atoms with van der Waals surface area (Å²) in [5.74, 6) is 2.27. The molecule has 0 saturated carbocycles. The monoisotopic (exact) mass is 367 g/mol. The number of furan rings is 1. The number of carbonyl (C=O) groups excluding carboxylic acids is 1. The third-order valence-corrected chi connectivity index (χ3v) is 3.93. The Bertz CT molecular complexity index is 915. The molecule has 3 rings (SSSR count). The molecule has 6 nitrogen and oxygen atoms in total. The molecule has 6 heteroatoms. The van der Waals surface area contributed by atoms with E-state index >= 15 is 0 Å². The fraction of sp³-hybridized carbons (Fsp3) is 0.190. The lowest BCUT2D eigenvalue weighted by atomic mass is 10.2. The van der Waals surface area contributed by atoms with Gasteiger partial charge in [-0.2, -0.15) is 0 Å². The van der Waals surface area contributed by atoms with Crippen LogP contribution in [0, 0.1) is 6.92 Å². The van der Waals surface area contributed by atoms with Crippen molar-refractivity contribution >= 4 is 11.6 Å². The molecule has 0 aliphatic rings. The molecular weight excluding hydrogens is 346 g/mol. The minimum absolute atomic E-state index is 0.201. The summed E-state index contributed by atoms with van der Waals surface area (Å²) in [5.41, 5.74) is 1.74. The molecule has 0 radical (unpaired) electrons. The summed E-state index contributed by atoms with van der Waals surface area (Å²) in [5, 5.41) is 2.77. The first-order valence-corrected chi connectivity index (χ1v) is 8.40. The van der Waals surface area contributed by atoms with Gasteiger partial charge in [-0.1, -0.05) is 17.7 Å². The first-order chi connectivity index (χ1) is 13.1. The van der Waals surface area contributed by atoms with Crippen molar-refractivity contribution in [3.63, 3.8) is 0 Å². The Kier molecular flexibility index (Phi) is 5.66. The zero-order valence-electron chi connectivity index (χ0n) is 15.4. The van der Waals surface area contributed by atoms with Crippen LogP contribution in [0.3, 0.4) is 0 Å². The van der Waals surface area contributed by atoms with Crippen LogP contribution in [0.5, 0.6) is 17.2 Å². The van der Waals surface area contributed by atoms with Gasteiger partial charge in [-0.3, -0.25) is 4.79 Å². The lowest BCUT2D eigenvalue weighted by Gasteiger charge is -2.10. The number of nitrogens with one attached hydrogen (secondary N) is 1. The fourth-order valence-corrected chi connectivity index (χ4v) is 2.47. The van der Waals surface area contributed by atoms with Crippen LogP contribution in [-0.4, -0.2) is 20.1 Å². The second-order valence-electron chi connectivity index (χ2n) is 5.89. The van der Waals surface area contributed by atoms with Gasteiger partial charge in [0.05, 0.1) is 14.2 Å². The Morgan fingerprint density at radius 2 is 1.70 bits per heavy atom. The molecule has 1 amide bonds. The van der Waals surface area contributed by atoms with Gasteiger partial charge in [0.25, 0.3) is 5.91 Å². The van der Waals surface area contributed by atoms with Crippen LogP contribution in [0.2, 0.25) is 0 Å². The molecule has 1 aromatic heterocycles. The van der Waals surface area contributed by atoms with Gasteiger partial charge in [0.2, 0.25) is 0 Å². The van der Waals surface area contributed by atoms with Crippen LogP contribution in [0.25, 0.3) is 0 Å². The molecule has 0 aliphatic carbocycles. The maximum absolute atomic E-state index is 12.4. The second-order valence-corrected chi connectivity index (χ2v) is 5.89. The molecule has 0 atom stereocenters. The van der Waals surface area contributed by atoms with Gasteiger partial charge in [0.1, 0.15) is 18.1 Å². The van der Waals surface area contributed by atoms with E-state index in [1.807, 2.05) is 31.2 Å². The first-order valence-electron chi connectivity index (χ1n) is 8.40. The molecule has 0 unspecified atom stereocenters. The van der Waals surface area contributed by atoms with Crippen molar-refractivity contribution in [1.82, 2.24) is 0 Å². The predicted octanol–water partition coefficient (Wildman–Crippen LogP) is 4.44. The van der Waals surface area contributed by atoms with E-state index in [0.717, 1.165) is 11.3 Å². The van der Waals surface area contributed by atoms with Gasteiger partial charge < -0.3 is 23.9 Å². The van der Waals surface area contributed by atoms with Gasteiger partial charge in [-0.25, -0.2) is 0 Å². The van der Waals surface area contributed by atoms with E-state index in [4.69, 9.17) is 18.6 Å². The van der Waals surface area contributed by atoms with Gasteiger partial charge >= 0.3 is 0 Å². The number of aryl methyl sites for hydroxylation is 1. The highest BCUT2D eigenvalue weighted by molar-refractivity contribution is 6.02. The highest BCUT2D eigenvalue weighted by atomic mass is 16.5. The molecule has 0 bridgehead atoms. The molecule has 0 aliphatic heterocycles. The Labute approximate surface area is 157 Å². The van der Waals surface area contributed by atoms with Crippen LogP contribution < -0.4 is 19.5 Å². The standard InChI is InChI=1S/C21H21NO5/c1-14-4-7-16(8-5-14)26-13-17-9-11-19(27-17)21(23)22-15-6-10-18(24-2)20(12-15)25-3/h4-12H,13H2,1-3H3,(H,22,23). The predicted molar refractivity (Wildman–Crippen MR) is 102 cm³/mol. The normalized spacial score (nSPS) is 10.3. The van der Waals surface area contributed by atoms with Crippen molar-refractivity contribution in [2.75, 3.05) is 19.5 Å². The van der Waals surface area contributed by atoms with Gasteiger partial charge in [-0.15, -0.1) is 0 Å². The molecule has 0 saturated heterocycles. The van der Waals surface area contributed by atoms with Crippen LogP contribution in [-0.2, 0) is 6.61 Å². The highest BCUT2D eigenvalue weighted by Gasteiger charge is 2.13. The minimum Gasteiger partial charge on any atom is -0.493 e. The van der Waals surface area contributed by atoms with Crippen LogP contribution >= 0.6 is 0 Å². The van der Waals surface area contributed by atoms with Gasteiger partial charge in [0, 0.05) is 11.8 Å². The Morgan fingerprint density at radius 1 is 0.963 bits per heavy atom. The minimum atomic E-state index is -0.358. The third kappa shape index (κ3) is 4.61. The summed E-state index contributed by atoms with van der Waals surface area (Å²) in [6.45, 7) is 2.26. The zero-order valence-corrected chi connectivity index (χ0v) is 15.4. The number of hydrogen-bond donors (Lipinski definition) is 1. The summed E-state index contributed by atoms with van der Waals surface area (Å²) >= 11 is 0. The summed E-state index contributed by atoms with van der Waals surface area (Å²) < 4.78 is 21.6. The summed E-state index contributed by atoms with van der Waals surface area (Å²) in [4.78, 5) is 12.4. The van der Waals surface area contributed by atoms with E-state index in [1.165, 1.54) is 7.11 Å². The Morgan fingerprint density at radius 3 is 2.41 bits per heavy atom. The summed E-state index contributed by atoms with van der Waals surface area (Å²) in [6, 6.07) is 16.2. The number of methoxy groups -OCH3 is 2. The van der Waals surface area contributed by atoms with Crippen molar-refractivity contribution in [3.05, 3.63) is 71.7 Å². The third-order valence-electron chi connectivity index (χ3n) is 3.93. The Balaban J connectivity index is 1.62. The number of ether oxygens (including phenoxy) is 3. The van der Waals surface area contributed by atoms with Crippen molar-refractivity contribution in [2.24, 2.45) is 0 Å². The topological polar surface area (TPSA) is 69.9 Å². The van der Waals surface area contributed by atoms with E-state index in [9.17, 15) is 4.79 Å².